The summed E-state index contributed by atoms with van der Waals surface area (Å²) >= 11 is 3.49. The fourth-order valence-corrected chi connectivity index (χ4v) is 2.72. The maximum absolute atomic E-state index is 11.6. The minimum atomic E-state index is -0.494. The first-order chi connectivity index (χ1) is 11.6. The number of hydrogen-bond donors (Lipinski definition) is 2. The average molecular weight is 544 g/mol. The third kappa shape index (κ3) is 9.65. The highest BCUT2D eigenvalue weighted by Crippen LogP contribution is 2.15. The van der Waals surface area contributed by atoms with Gasteiger partial charge in [0, 0.05) is 43.5 Å². The summed E-state index contributed by atoms with van der Waals surface area (Å²) in [4.78, 5) is 18.2. The number of carbonyl (C=O) groups is 1. The SMILES string of the molecule is CCNC(=NCCNC(=O)OC(C)(C)C)N(C)Cc1cc(Br)cn1C.I. The number of halogens is 2. The van der Waals surface area contributed by atoms with E-state index < -0.39 is 11.7 Å². The van der Waals surface area contributed by atoms with Crippen LogP contribution >= 0.6 is 39.9 Å². The van der Waals surface area contributed by atoms with Crippen molar-refractivity contribution in [1.82, 2.24) is 20.1 Å². The van der Waals surface area contributed by atoms with Crippen LogP contribution in [0.3, 0.4) is 0 Å². The summed E-state index contributed by atoms with van der Waals surface area (Å²) in [5.74, 6) is 0.797. The smallest absolute Gasteiger partial charge is 0.407 e. The van der Waals surface area contributed by atoms with Crippen LogP contribution in [0, 0.1) is 0 Å². The summed E-state index contributed by atoms with van der Waals surface area (Å²) in [6.45, 7) is 9.95. The standard InChI is InChI=1S/C17H30BrN5O2.HI/c1-7-19-15(20-8-9-21-16(24)25-17(2,3)4)23(6)12-14-10-13(18)11-22(14)5;/h10-11H,7-9,12H2,1-6H3,(H,19,20)(H,21,24);1H. The first-order valence-corrected chi connectivity index (χ1v) is 9.18. The molecule has 0 fully saturated rings. The fourth-order valence-electron chi connectivity index (χ4n) is 2.14. The highest BCUT2D eigenvalue weighted by atomic mass is 127. The minimum absolute atomic E-state index is 0. The van der Waals surface area contributed by atoms with E-state index in [4.69, 9.17) is 4.74 Å². The number of ether oxygens (including phenoxy) is 1. The molecule has 1 rings (SSSR count). The first kappa shape index (κ1) is 25.0. The molecule has 0 atom stereocenters. The van der Waals surface area contributed by atoms with Gasteiger partial charge in [-0.3, -0.25) is 4.99 Å². The van der Waals surface area contributed by atoms with Gasteiger partial charge in [0.05, 0.1) is 13.1 Å². The molecular weight excluding hydrogens is 513 g/mol. The van der Waals surface area contributed by atoms with Crippen molar-refractivity contribution in [2.24, 2.45) is 12.0 Å². The molecule has 0 aromatic carbocycles. The van der Waals surface area contributed by atoms with Gasteiger partial charge in [-0.15, -0.1) is 24.0 Å². The van der Waals surface area contributed by atoms with E-state index in [-0.39, 0.29) is 24.0 Å². The van der Waals surface area contributed by atoms with E-state index in [1.165, 1.54) is 5.69 Å². The summed E-state index contributed by atoms with van der Waals surface area (Å²) in [5, 5.41) is 5.98. The largest absolute Gasteiger partial charge is 0.444 e. The van der Waals surface area contributed by atoms with Crippen LogP contribution in [0.4, 0.5) is 4.79 Å². The number of aryl methyl sites for hydroxylation is 1. The average Bonchev–Trinajstić information content (AvgIpc) is 2.78. The number of nitrogens with one attached hydrogen (secondary N) is 2. The van der Waals surface area contributed by atoms with Crippen LogP contribution < -0.4 is 10.6 Å². The lowest BCUT2D eigenvalue weighted by molar-refractivity contribution is 0.0529. The zero-order valence-corrected chi connectivity index (χ0v) is 20.3. The summed E-state index contributed by atoms with van der Waals surface area (Å²) in [6, 6.07) is 2.09. The Morgan fingerprint density at radius 3 is 2.54 bits per heavy atom. The van der Waals surface area contributed by atoms with Gasteiger partial charge in [-0.05, 0) is 49.7 Å². The van der Waals surface area contributed by atoms with Crippen molar-refractivity contribution in [3.05, 3.63) is 22.4 Å². The molecule has 0 aliphatic carbocycles. The number of aliphatic imine (C=N–C) groups is 1. The van der Waals surface area contributed by atoms with Crippen LogP contribution in [-0.4, -0.2) is 53.8 Å². The van der Waals surface area contributed by atoms with Crippen molar-refractivity contribution in [3.8, 4) is 0 Å². The second-order valence-corrected chi connectivity index (χ2v) is 7.70. The molecule has 1 aromatic heterocycles. The summed E-state index contributed by atoms with van der Waals surface area (Å²) < 4.78 is 8.34. The molecule has 1 aromatic rings. The van der Waals surface area contributed by atoms with Crippen LogP contribution in [0.1, 0.15) is 33.4 Å². The van der Waals surface area contributed by atoms with Crippen LogP contribution in [0.15, 0.2) is 21.7 Å². The molecule has 9 heteroatoms. The van der Waals surface area contributed by atoms with E-state index in [1.807, 2.05) is 48.0 Å². The van der Waals surface area contributed by atoms with Gasteiger partial charge in [0.15, 0.2) is 5.96 Å². The van der Waals surface area contributed by atoms with Gasteiger partial charge in [-0.1, -0.05) is 0 Å². The zero-order valence-electron chi connectivity index (χ0n) is 16.4. The Morgan fingerprint density at radius 1 is 1.38 bits per heavy atom. The van der Waals surface area contributed by atoms with Crippen molar-refractivity contribution in [2.75, 3.05) is 26.7 Å². The van der Waals surface area contributed by atoms with E-state index in [9.17, 15) is 4.79 Å². The minimum Gasteiger partial charge on any atom is -0.444 e. The maximum Gasteiger partial charge on any atom is 0.407 e. The van der Waals surface area contributed by atoms with Crippen molar-refractivity contribution >= 4 is 52.0 Å². The van der Waals surface area contributed by atoms with Gasteiger partial charge in [0.25, 0.3) is 0 Å². The Kier molecular flexibility index (Phi) is 11.2. The molecule has 0 saturated carbocycles. The van der Waals surface area contributed by atoms with Crippen LogP contribution in [0.5, 0.6) is 0 Å². The Morgan fingerprint density at radius 2 is 2.04 bits per heavy atom. The molecule has 1 heterocycles. The van der Waals surface area contributed by atoms with E-state index >= 15 is 0 Å². The molecule has 0 radical (unpaired) electrons. The van der Waals surface area contributed by atoms with E-state index in [1.54, 1.807) is 0 Å². The number of guanidine groups is 1. The molecule has 7 nitrogen and oxygen atoms in total. The van der Waals surface area contributed by atoms with Gasteiger partial charge in [0.1, 0.15) is 5.60 Å². The molecule has 0 bridgehead atoms. The number of hydrogen-bond acceptors (Lipinski definition) is 3. The molecule has 1 amide bonds. The third-order valence-corrected chi connectivity index (χ3v) is 3.65. The van der Waals surface area contributed by atoms with Gasteiger partial charge < -0.3 is 24.8 Å². The number of aromatic nitrogens is 1. The van der Waals surface area contributed by atoms with Gasteiger partial charge in [-0.25, -0.2) is 4.79 Å². The normalized spacial score (nSPS) is 11.6. The number of alkyl carbamates (subject to hydrolysis) is 1. The lowest BCUT2D eigenvalue weighted by atomic mass is 10.2. The molecular formula is C17H31BrIN5O2. The number of carbonyl (C=O) groups excluding carboxylic acids is 1. The predicted molar refractivity (Wildman–Crippen MR) is 120 cm³/mol. The first-order valence-electron chi connectivity index (χ1n) is 8.39. The highest BCUT2D eigenvalue weighted by molar-refractivity contribution is 14.0. The lowest BCUT2D eigenvalue weighted by Crippen LogP contribution is -2.39. The van der Waals surface area contributed by atoms with Gasteiger partial charge in [-0.2, -0.15) is 0 Å². The monoisotopic (exact) mass is 543 g/mol. The number of nitrogens with zero attached hydrogens (tertiary/aromatic N) is 3. The topological polar surface area (TPSA) is 70.9 Å². The molecule has 0 aliphatic heterocycles. The molecule has 0 aliphatic rings. The Labute approximate surface area is 182 Å². The predicted octanol–water partition coefficient (Wildman–Crippen LogP) is 3.33. The van der Waals surface area contributed by atoms with Crippen molar-refractivity contribution < 1.29 is 9.53 Å². The molecule has 0 unspecified atom stereocenters. The van der Waals surface area contributed by atoms with Crippen molar-refractivity contribution in [3.63, 3.8) is 0 Å². The van der Waals surface area contributed by atoms with Gasteiger partial charge >= 0.3 is 6.09 Å². The van der Waals surface area contributed by atoms with Crippen LogP contribution in [-0.2, 0) is 18.3 Å². The quantitative estimate of drug-likeness (QED) is 0.250. The Bertz CT molecular complexity index is 598. The van der Waals surface area contributed by atoms with E-state index in [2.05, 4.69) is 47.1 Å². The molecule has 0 saturated heterocycles. The van der Waals surface area contributed by atoms with Crippen molar-refractivity contribution in [2.45, 2.75) is 39.8 Å². The fraction of sp³-hybridized carbons (Fsp3) is 0.647. The van der Waals surface area contributed by atoms with E-state index in [0.29, 0.717) is 13.1 Å². The van der Waals surface area contributed by atoms with Crippen LogP contribution in [0.25, 0.3) is 0 Å². The lowest BCUT2D eigenvalue weighted by Gasteiger charge is -2.22. The summed E-state index contributed by atoms with van der Waals surface area (Å²) in [5.41, 5.74) is 0.679. The highest BCUT2D eigenvalue weighted by Gasteiger charge is 2.15. The zero-order chi connectivity index (χ0) is 19.0. The summed E-state index contributed by atoms with van der Waals surface area (Å²) in [6.07, 6.45) is 1.60. The summed E-state index contributed by atoms with van der Waals surface area (Å²) in [7, 11) is 4.01. The molecule has 26 heavy (non-hydrogen) atoms. The number of amides is 1. The second-order valence-electron chi connectivity index (χ2n) is 6.78. The maximum atomic E-state index is 11.6. The van der Waals surface area contributed by atoms with E-state index in [0.717, 1.165) is 23.5 Å². The molecule has 0 spiro atoms. The second kappa shape index (κ2) is 11.7. The Balaban J connectivity index is 0.00000625. The Hall–Kier alpha value is -0.970. The van der Waals surface area contributed by atoms with Crippen LogP contribution in [0.2, 0.25) is 0 Å². The van der Waals surface area contributed by atoms with Crippen molar-refractivity contribution in [1.29, 1.82) is 0 Å². The third-order valence-electron chi connectivity index (χ3n) is 3.21. The van der Waals surface area contributed by atoms with Gasteiger partial charge in [0.2, 0.25) is 0 Å². The number of rotatable bonds is 6. The molecule has 2 N–H and O–H groups in total. The molecule has 150 valence electrons.